The lowest BCUT2D eigenvalue weighted by Gasteiger charge is -2.30. The van der Waals surface area contributed by atoms with Crippen molar-refractivity contribution in [2.24, 2.45) is 5.41 Å². The second-order valence-corrected chi connectivity index (χ2v) is 8.35. The molecule has 152 valence electrons. The lowest BCUT2D eigenvalue weighted by atomic mass is 9.93. The van der Waals surface area contributed by atoms with E-state index in [2.05, 4.69) is 43.8 Å². The second kappa shape index (κ2) is 10.1. The largest absolute Gasteiger partial charge is 0.334 e. The molecule has 1 unspecified atom stereocenters. The van der Waals surface area contributed by atoms with Gasteiger partial charge in [0, 0.05) is 25.7 Å². The summed E-state index contributed by atoms with van der Waals surface area (Å²) in [5.74, 6) is 0. The van der Waals surface area contributed by atoms with Gasteiger partial charge in [-0.05, 0) is 73.1 Å². The molecule has 3 aliphatic rings. The summed E-state index contributed by atoms with van der Waals surface area (Å²) in [6.45, 7) is 5.52. The van der Waals surface area contributed by atoms with Crippen LogP contribution >= 0.6 is 36.2 Å². The van der Waals surface area contributed by atoms with Crippen molar-refractivity contribution in [3.63, 3.8) is 0 Å². The van der Waals surface area contributed by atoms with Crippen LogP contribution in [0.4, 0.5) is 4.79 Å². The zero-order chi connectivity index (χ0) is 17.1. The molecule has 27 heavy (non-hydrogen) atoms. The van der Waals surface area contributed by atoms with Gasteiger partial charge in [0.05, 0.1) is 0 Å². The van der Waals surface area contributed by atoms with Gasteiger partial charge < -0.3 is 20.9 Å². The van der Waals surface area contributed by atoms with Crippen LogP contribution < -0.4 is 16.0 Å². The van der Waals surface area contributed by atoms with Crippen molar-refractivity contribution < 1.29 is 4.79 Å². The van der Waals surface area contributed by atoms with E-state index in [9.17, 15) is 4.79 Å². The van der Waals surface area contributed by atoms with Crippen molar-refractivity contribution in [1.29, 1.82) is 0 Å². The van der Waals surface area contributed by atoms with Crippen LogP contribution in [-0.4, -0.2) is 49.7 Å². The molecule has 4 rings (SSSR count). The molecule has 1 aromatic heterocycles. The van der Waals surface area contributed by atoms with Gasteiger partial charge in [0.1, 0.15) is 0 Å². The standard InChI is InChI=1S/C19H28N4OS.2ClH/c24-18(22-12-15-1-6-20-7-2-15)23(13-16-3-10-25-14-16)17-11-19(17)4-8-21-9-5-19;;/h1,3,10,14,17,20-21H,2,4-9,11-13H2,(H,22,24);2*1H. The van der Waals surface area contributed by atoms with E-state index in [1.807, 2.05) is 0 Å². The van der Waals surface area contributed by atoms with E-state index in [0.717, 1.165) is 39.1 Å². The first kappa shape index (κ1) is 22.5. The van der Waals surface area contributed by atoms with E-state index in [1.165, 1.54) is 30.4 Å². The van der Waals surface area contributed by atoms with E-state index in [1.54, 1.807) is 11.3 Å². The maximum Gasteiger partial charge on any atom is 0.318 e. The molecule has 1 atom stereocenters. The Hall–Kier alpha value is -0.790. The molecule has 0 bridgehead atoms. The van der Waals surface area contributed by atoms with Crippen molar-refractivity contribution >= 4 is 42.2 Å². The third-order valence-corrected chi connectivity index (χ3v) is 6.67. The minimum absolute atomic E-state index is 0. The zero-order valence-electron chi connectivity index (χ0n) is 15.5. The Morgan fingerprint density at radius 2 is 2.07 bits per heavy atom. The van der Waals surface area contributed by atoms with Gasteiger partial charge in [0.15, 0.2) is 0 Å². The number of hydrogen-bond acceptors (Lipinski definition) is 4. The van der Waals surface area contributed by atoms with Crippen molar-refractivity contribution in [1.82, 2.24) is 20.9 Å². The highest BCUT2D eigenvalue weighted by atomic mass is 35.5. The number of urea groups is 1. The molecule has 3 N–H and O–H groups in total. The van der Waals surface area contributed by atoms with Crippen LogP contribution in [0.5, 0.6) is 0 Å². The number of carbonyl (C=O) groups is 1. The topological polar surface area (TPSA) is 56.4 Å². The quantitative estimate of drug-likeness (QED) is 0.626. The van der Waals surface area contributed by atoms with Crippen LogP contribution in [0, 0.1) is 5.41 Å². The summed E-state index contributed by atoms with van der Waals surface area (Å²) in [5.41, 5.74) is 2.96. The van der Waals surface area contributed by atoms with Gasteiger partial charge in [0.25, 0.3) is 0 Å². The Morgan fingerprint density at radius 3 is 2.74 bits per heavy atom. The molecule has 0 radical (unpaired) electrons. The minimum atomic E-state index is 0. The summed E-state index contributed by atoms with van der Waals surface area (Å²) in [7, 11) is 0. The first-order valence-electron chi connectivity index (χ1n) is 9.42. The SMILES string of the molecule is Cl.Cl.O=C(NCC1=CCNCC1)N(Cc1ccsc1)C1CC12CCNCC2. The molecule has 1 spiro atoms. The van der Waals surface area contributed by atoms with E-state index in [4.69, 9.17) is 0 Å². The molecule has 1 aromatic rings. The van der Waals surface area contributed by atoms with Crippen LogP contribution in [0.3, 0.4) is 0 Å². The Balaban J connectivity index is 0.00000131. The molecule has 1 aliphatic carbocycles. The molecular weight excluding hydrogens is 403 g/mol. The predicted octanol–water partition coefficient (Wildman–Crippen LogP) is 3.17. The number of nitrogens with zero attached hydrogens (tertiary/aromatic N) is 1. The van der Waals surface area contributed by atoms with Crippen molar-refractivity contribution in [3.05, 3.63) is 34.0 Å². The third-order valence-electron chi connectivity index (χ3n) is 5.94. The zero-order valence-corrected chi connectivity index (χ0v) is 18.0. The summed E-state index contributed by atoms with van der Waals surface area (Å²) in [4.78, 5) is 15.1. The summed E-state index contributed by atoms with van der Waals surface area (Å²) in [6, 6.07) is 2.64. The van der Waals surface area contributed by atoms with E-state index in [-0.39, 0.29) is 30.8 Å². The van der Waals surface area contributed by atoms with Crippen LogP contribution in [-0.2, 0) is 6.54 Å². The van der Waals surface area contributed by atoms with Crippen LogP contribution in [0.1, 0.15) is 31.2 Å². The highest BCUT2D eigenvalue weighted by Gasteiger charge is 2.57. The van der Waals surface area contributed by atoms with Crippen LogP contribution in [0.2, 0.25) is 0 Å². The van der Waals surface area contributed by atoms with E-state index >= 15 is 0 Å². The molecule has 1 saturated heterocycles. The Morgan fingerprint density at radius 1 is 1.26 bits per heavy atom. The monoisotopic (exact) mass is 432 g/mol. The summed E-state index contributed by atoms with van der Waals surface area (Å²) >= 11 is 1.70. The lowest BCUT2D eigenvalue weighted by molar-refractivity contribution is 0.175. The average molecular weight is 433 g/mol. The highest BCUT2D eigenvalue weighted by molar-refractivity contribution is 7.07. The number of thiophene rings is 1. The van der Waals surface area contributed by atoms with E-state index < -0.39 is 0 Å². The normalized spacial score (nSPS) is 22.8. The fourth-order valence-corrected chi connectivity index (χ4v) is 4.91. The second-order valence-electron chi connectivity index (χ2n) is 7.57. The Bertz CT molecular complexity index is 632. The van der Waals surface area contributed by atoms with Crippen molar-refractivity contribution in [2.75, 3.05) is 32.7 Å². The number of rotatable bonds is 5. The predicted molar refractivity (Wildman–Crippen MR) is 116 cm³/mol. The van der Waals surface area contributed by atoms with Crippen LogP contribution in [0.15, 0.2) is 28.5 Å². The number of hydrogen-bond donors (Lipinski definition) is 3. The number of nitrogens with one attached hydrogen (secondary N) is 3. The smallest absolute Gasteiger partial charge is 0.318 e. The fraction of sp³-hybridized carbons (Fsp3) is 0.632. The molecular formula is C19H30Cl2N4OS. The first-order chi connectivity index (χ1) is 12.3. The van der Waals surface area contributed by atoms with Gasteiger partial charge in [-0.3, -0.25) is 0 Å². The maximum atomic E-state index is 13.0. The Kier molecular flexibility index (Phi) is 8.43. The van der Waals surface area contributed by atoms with Gasteiger partial charge >= 0.3 is 6.03 Å². The van der Waals surface area contributed by atoms with Gasteiger partial charge in [0.2, 0.25) is 0 Å². The maximum absolute atomic E-state index is 13.0. The molecule has 2 fully saturated rings. The van der Waals surface area contributed by atoms with Crippen LogP contribution in [0.25, 0.3) is 0 Å². The van der Waals surface area contributed by atoms with Crippen molar-refractivity contribution in [2.45, 2.75) is 38.3 Å². The molecule has 1 saturated carbocycles. The summed E-state index contributed by atoms with van der Waals surface area (Å²) in [6.07, 6.45) is 6.80. The number of piperidine rings is 1. The van der Waals surface area contributed by atoms with E-state index in [0.29, 0.717) is 18.0 Å². The average Bonchev–Trinajstić information content (AvgIpc) is 3.08. The molecule has 2 amide bonds. The minimum Gasteiger partial charge on any atom is -0.334 e. The highest BCUT2D eigenvalue weighted by Crippen LogP contribution is 2.56. The molecule has 5 nitrogen and oxygen atoms in total. The van der Waals surface area contributed by atoms with Crippen molar-refractivity contribution in [3.8, 4) is 0 Å². The number of carbonyl (C=O) groups excluding carboxylic acids is 1. The number of halogens is 2. The first-order valence-corrected chi connectivity index (χ1v) is 10.4. The van der Waals surface area contributed by atoms with Gasteiger partial charge in [-0.2, -0.15) is 11.3 Å². The molecule has 3 heterocycles. The summed E-state index contributed by atoms with van der Waals surface area (Å²) < 4.78 is 0. The molecule has 8 heteroatoms. The van der Waals surface area contributed by atoms with Gasteiger partial charge in [-0.1, -0.05) is 11.6 Å². The summed E-state index contributed by atoms with van der Waals surface area (Å²) in [5, 5.41) is 14.2. The molecule has 2 aliphatic heterocycles. The third kappa shape index (κ3) is 5.39. The van der Waals surface area contributed by atoms with Gasteiger partial charge in [-0.25, -0.2) is 4.79 Å². The fourth-order valence-electron chi connectivity index (χ4n) is 4.25. The Labute approximate surface area is 178 Å². The number of amides is 2. The molecule has 0 aromatic carbocycles. The lowest BCUT2D eigenvalue weighted by Crippen LogP contribution is -2.44. The van der Waals surface area contributed by atoms with Gasteiger partial charge in [-0.15, -0.1) is 24.8 Å².